The molecule has 0 heteroatoms. The van der Waals surface area contributed by atoms with E-state index in [0.717, 1.165) is 22.7 Å². The molecule has 0 bridgehead atoms. The molecule has 15 heavy (non-hydrogen) atoms. The minimum absolute atomic E-state index is 0.865. The van der Waals surface area contributed by atoms with Crippen molar-refractivity contribution in [2.24, 2.45) is 34.5 Å². The van der Waals surface area contributed by atoms with Crippen LogP contribution in [0.25, 0.3) is 0 Å². The van der Waals surface area contributed by atoms with Gasteiger partial charge in [-0.1, -0.05) is 26.7 Å². The Hall–Kier alpha value is 0. The van der Waals surface area contributed by atoms with Crippen LogP contribution in [0, 0.1) is 34.5 Å². The average Bonchev–Trinajstić information content (AvgIpc) is 3.06. The lowest BCUT2D eigenvalue weighted by Crippen LogP contribution is -2.34. The molecule has 84 valence electrons. The van der Waals surface area contributed by atoms with E-state index < -0.39 is 0 Å². The molecule has 4 aliphatic rings. The summed E-state index contributed by atoms with van der Waals surface area (Å²) in [6.07, 6.45) is 11.0. The van der Waals surface area contributed by atoms with E-state index in [9.17, 15) is 0 Å². The van der Waals surface area contributed by atoms with Crippen molar-refractivity contribution in [2.45, 2.75) is 58.8 Å². The van der Waals surface area contributed by atoms with Crippen LogP contribution in [0.3, 0.4) is 0 Å². The monoisotopic (exact) mass is 204 g/mol. The molecule has 0 aromatic rings. The highest BCUT2D eigenvalue weighted by molar-refractivity contribution is 5.25. The second-order valence-electron chi connectivity index (χ2n) is 7.14. The van der Waals surface area contributed by atoms with Gasteiger partial charge in [-0.25, -0.2) is 0 Å². The Morgan fingerprint density at radius 1 is 1.20 bits per heavy atom. The van der Waals surface area contributed by atoms with Crippen molar-refractivity contribution in [3.8, 4) is 0 Å². The Morgan fingerprint density at radius 3 is 2.67 bits per heavy atom. The largest absolute Gasteiger partial charge is 0.0651 e. The normalized spacial score (nSPS) is 58.8. The molecule has 0 heterocycles. The molecule has 5 unspecified atom stereocenters. The zero-order valence-electron chi connectivity index (χ0n) is 10.3. The maximum absolute atomic E-state index is 2.57. The predicted octanol–water partition coefficient (Wildman–Crippen LogP) is 4.25. The quantitative estimate of drug-likeness (QED) is 0.599. The Morgan fingerprint density at radius 2 is 2.00 bits per heavy atom. The van der Waals surface area contributed by atoms with Gasteiger partial charge in [-0.2, -0.15) is 0 Å². The van der Waals surface area contributed by atoms with Crippen LogP contribution in [-0.4, -0.2) is 0 Å². The van der Waals surface area contributed by atoms with Gasteiger partial charge in [0.05, 0.1) is 0 Å². The van der Waals surface area contributed by atoms with E-state index in [0.29, 0.717) is 0 Å². The lowest BCUT2D eigenvalue weighted by molar-refractivity contribution is 0.0734. The summed E-state index contributed by atoms with van der Waals surface area (Å²) in [6.45, 7) is 5.04. The molecule has 4 rings (SSSR count). The minimum Gasteiger partial charge on any atom is -0.0651 e. The highest BCUT2D eigenvalue weighted by atomic mass is 14.8. The minimum atomic E-state index is 0.865. The Balaban J connectivity index is 1.75. The van der Waals surface area contributed by atoms with Crippen molar-refractivity contribution in [1.82, 2.24) is 0 Å². The number of hydrogen-bond donors (Lipinski definition) is 0. The molecule has 4 aliphatic carbocycles. The summed E-state index contributed by atoms with van der Waals surface area (Å²) in [5.41, 5.74) is 1.76. The molecular formula is C15H24. The molecule has 4 fully saturated rings. The van der Waals surface area contributed by atoms with Gasteiger partial charge < -0.3 is 0 Å². The average molecular weight is 204 g/mol. The third-order valence-electron chi connectivity index (χ3n) is 6.79. The second-order valence-corrected chi connectivity index (χ2v) is 7.14. The van der Waals surface area contributed by atoms with Crippen LogP contribution in [-0.2, 0) is 0 Å². The lowest BCUT2D eigenvalue weighted by atomic mass is 9.63. The SMILES string of the molecule is CCC1C2(CC2)CC(C)C2C3CCCC321. The lowest BCUT2D eigenvalue weighted by Gasteiger charge is -2.41. The van der Waals surface area contributed by atoms with E-state index in [1.54, 1.807) is 38.5 Å². The summed E-state index contributed by atoms with van der Waals surface area (Å²) < 4.78 is 0. The molecule has 0 aromatic heterocycles. The second kappa shape index (κ2) is 2.46. The third kappa shape index (κ3) is 0.840. The summed E-state index contributed by atoms with van der Waals surface area (Å²) >= 11 is 0. The molecule has 0 saturated heterocycles. The Bertz CT molecular complexity index is 301. The maximum atomic E-state index is 2.57. The van der Waals surface area contributed by atoms with Crippen molar-refractivity contribution in [1.29, 1.82) is 0 Å². The van der Waals surface area contributed by atoms with Gasteiger partial charge in [-0.05, 0) is 66.6 Å². The third-order valence-corrected chi connectivity index (χ3v) is 6.79. The first-order valence-electron chi connectivity index (χ1n) is 7.24. The summed E-state index contributed by atoms with van der Waals surface area (Å²) in [4.78, 5) is 0. The van der Waals surface area contributed by atoms with Gasteiger partial charge in [-0.15, -0.1) is 0 Å². The molecule has 5 atom stereocenters. The number of fused-ring (bicyclic) bond motifs is 1. The van der Waals surface area contributed by atoms with Crippen molar-refractivity contribution >= 4 is 0 Å². The first-order chi connectivity index (χ1) is 7.24. The molecule has 0 N–H and O–H groups in total. The molecule has 0 nitrogen and oxygen atoms in total. The molecule has 0 radical (unpaired) electrons. The fourth-order valence-electron chi connectivity index (χ4n) is 6.60. The van der Waals surface area contributed by atoms with Crippen LogP contribution in [0.4, 0.5) is 0 Å². The zero-order valence-corrected chi connectivity index (χ0v) is 10.3. The van der Waals surface area contributed by atoms with E-state index >= 15 is 0 Å². The van der Waals surface area contributed by atoms with Crippen molar-refractivity contribution in [2.75, 3.05) is 0 Å². The molecule has 0 aliphatic heterocycles. The van der Waals surface area contributed by atoms with Crippen LogP contribution in [0.15, 0.2) is 0 Å². The molecule has 0 aromatic carbocycles. The van der Waals surface area contributed by atoms with Crippen molar-refractivity contribution in [3.05, 3.63) is 0 Å². The van der Waals surface area contributed by atoms with Crippen LogP contribution in [0.5, 0.6) is 0 Å². The highest BCUT2D eigenvalue weighted by Crippen LogP contribution is 2.84. The summed E-state index contributed by atoms with van der Waals surface area (Å²) in [5, 5.41) is 0. The van der Waals surface area contributed by atoms with Crippen LogP contribution < -0.4 is 0 Å². The van der Waals surface area contributed by atoms with Gasteiger partial charge in [0.2, 0.25) is 0 Å². The van der Waals surface area contributed by atoms with Gasteiger partial charge in [0.1, 0.15) is 0 Å². The standard InChI is InChI=1S/C15H24/c1-3-12-14(7-8-14)9-10(2)13-11-5-4-6-15(11,12)13/h10-13H,3-9H2,1-2H3. The first kappa shape index (κ1) is 9.07. The van der Waals surface area contributed by atoms with E-state index in [1.807, 2.05) is 0 Å². The van der Waals surface area contributed by atoms with Crippen LogP contribution in [0.2, 0.25) is 0 Å². The maximum Gasteiger partial charge on any atom is -0.0199 e. The molecular weight excluding hydrogens is 180 g/mol. The summed E-state index contributed by atoms with van der Waals surface area (Å²) in [7, 11) is 0. The van der Waals surface area contributed by atoms with Crippen LogP contribution in [0.1, 0.15) is 58.8 Å². The van der Waals surface area contributed by atoms with Crippen LogP contribution >= 0.6 is 0 Å². The Labute approximate surface area is 93.8 Å². The Kier molecular flexibility index (Phi) is 1.49. The smallest absolute Gasteiger partial charge is 0.0199 e. The summed E-state index contributed by atoms with van der Waals surface area (Å²) in [5.74, 6) is 4.55. The van der Waals surface area contributed by atoms with Gasteiger partial charge in [0, 0.05) is 0 Å². The van der Waals surface area contributed by atoms with Crippen molar-refractivity contribution < 1.29 is 0 Å². The van der Waals surface area contributed by atoms with E-state index in [-0.39, 0.29) is 0 Å². The molecule has 4 saturated carbocycles. The summed E-state index contributed by atoms with van der Waals surface area (Å²) in [6, 6.07) is 0. The number of hydrogen-bond acceptors (Lipinski definition) is 0. The van der Waals surface area contributed by atoms with E-state index in [4.69, 9.17) is 0 Å². The fraction of sp³-hybridized carbons (Fsp3) is 1.00. The van der Waals surface area contributed by atoms with Gasteiger partial charge in [0.15, 0.2) is 0 Å². The fourth-order valence-corrected chi connectivity index (χ4v) is 6.60. The predicted molar refractivity (Wildman–Crippen MR) is 62.5 cm³/mol. The zero-order chi connectivity index (χ0) is 10.3. The number of rotatable bonds is 1. The molecule has 0 amide bonds. The van der Waals surface area contributed by atoms with E-state index in [1.165, 1.54) is 18.3 Å². The van der Waals surface area contributed by atoms with Gasteiger partial charge >= 0.3 is 0 Å². The highest BCUT2D eigenvalue weighted by Gasteiger charge is 2.77. The topological polar surface area (TPSA) is 0 Å². The van der Waals surface area contributed by atoms with Gasteiger partial charge in [-0.3, -0.25) is 0 Å². The first-order valence-corrected chi connectivity index (χ1v) is 7.24. The van der Waals surface area contributed by atoms with Gasteiger partial charge in [0.25, 0.3) is 0 Å². The van der Waals surface area contributed by atoms with E-state index in [2.05, 4.69) is 13.8 Å². The van der Waals surface area contributed by atoms with Crippen molar-refractivity contribution in [3.63, 3.8) is 0 Å². The molecule has 2 spiro atoms.